The van der Waals surface area contributed by atoms with E-state index in [9.17, 15) is 12.8 Å². The lowest BCUT2D eigenvalue weighted by Crippen LogP contribution is -2.38. The maximum atomic E-state index is 13.1. The molecule has 1 saturated carbocycles. The summed E-state index contributed by atoms with van der Waals surface area (Å²) in [7, 11) is -3.52. The number of sulfone groups is 1. The van der Waals surface area contributed by atoms with E-state index in [0.29, 0.717) is 0 Å². The SMILES string of the molecule is NC(CS(=O)(=O)c1ccc(F)c(Cl)c1)C1CCCCC1. The lowest BCUT2D eigenvalue weighted by molar-refractivity contribution is 0.317. The van der Waals surface area contributed by atoms with Crippen molar-refractivity contribution < 1.29 is 12.8 Å². The van der Waals surface area contributed by atoms with Crippen molar-refractivity contribution in [1.29, 1.82) is 0 Å². The van der Waals surface area contributed by atoms with Gasteiger partial charge in [-0.2, -0.15) is 0 Å². The van der Waals surface area contributed by atoms with E-state index in [2.05, 4.69) is 0 Å². The molecule has 3 nitrogen and oxygen atoms in total. The predicted octanol–water partition coefficient (Wildman–Crippen LogP) is 3.16. The first-order valence-electron chi connectivity index (χ1n) is 6.83. The topological polar surface area (TPSA) is 60.2 Å². The molecule has 0 heterocycles. The van der Waals surface area contributed by atoms with Crippen molar-refractivity contribution in [2.24, 2.45) is 11.7 Å². The maximum Gasteiger partial charge on any atom is 0.179 e. The smallest absolute Gasteiger partial charge is 0.179 e. The molecule has 1 unspecified atom stereocenters. The molecule has 1 aromatic rings. The molecule has 1 aromatic carbocycles. The van der Waals surface area contributed by atoms with Crippen LogP contribution in [0, 0.1) is 11.7 Å². The molecule has 1 aliphatic carbocycles. The minimum absolute atomic E-state index is 0.0372. The Bertz CT molecular complexity index is 571. The van der Waals surface area contributed by atoms with Gasteiger partial charge >= 0.3 is 0 Å². The maximum absolute atomic E-state index is 13.1. The summed E-state index contributed by atoms with van der Waals surface area (Å²) in [5, 5.41) is -0.183. The van der Waals surface area contributed by atoms with Crippen molar-refractivity contribution in [2.75, 3.05) is 5.75 Å². The molecule has 0 spiro atoms. The lowest BCUT2D eigenvalue weighted by Gasteiger charge is -2.27. The molecule has 0 bridgehead atoms. The Morgan fingerprint density at radius 3 is 2.55 bits per heavy atom. The van der Waals surface area contributed by atoms with Crippen LogP contribution < -0.4 is 5.73 Å². The summed E-state index contributed by atoms with van der Waals surface area (Å²) in [6, 6.07) is 3.09. The molecule has 1 aliphatic rings. The second-order valence-electron chi connectivity index (χ2n) is 5.42. The van der Waals surface area contributed by atoms with E-state index in [0.717, 1.165) is 37.8 Å². The Kier molecular flexibility index (Phi) is 5.04. The van der Waals surface area contributed by atoms with E-state index < -0.39 is 15.7 Å². The molecule has 0 radical (unpaired) electrons. The molecule has 0 aliphatic heterocycles. The van der Waals surface area contributed by atoms with Gasteiger partial charge in [-0.3, -0.25) is 0 Å². The molecule has 20 heavy (non-hydrogen) atoms. The minimum Gasteiger partial charge on any atom is -0.327 e. The van der Waals surface area contributed by atoms with E-state index in [1.165, 1.54) is 12.5 Å². The van der Waals surface area contributed by atoms with Gasteiger partial charge in [-0.15, -0.1) is 0 Å². The fraction of sp³-hybridized carbons (Fsp3) is 0.571. The highest BCUT2D eigenvalue weighted by Gasteiger charge is 2.26. The van der Waals surface area contributed by atoms with Crippen molar-refractivity contribution >= 4 is 21.4 Å². The molecule has 112 valence electrons. The molecule has 2 rings (SSSR count). The molecule has 1 fully saturated rings. The summed E-state index contributed by atoms with van der Waals surface area (Å²) in [5.41, 5.74) is 6.05. The second-order valence-corrected chi connectivity index (χ2v) is 7.86. The fourth-order valence-corrected chi connectivity index (χ4v) is 4.51. The number of benzene rings is 1. The molecular weight excluding hydrogens is 301 g/mol. The first-order chi connectivity index (χ1) is 9.40. The van der Waals surface area contributed by atoms with Gasteiger partial charge < -0.3 is 5.73 Å². The quantitative estimate of drug-likeness (QED) is 0.867. The first kappa shape index (κ1) is 15.7. The number of halogens is 2. The van der Waals surface area contributed by atoms with E-state index in [-0.39, 0.29) is 27.6 Å². The van der Waals surface area contributed by atoms with Crippen LogP contribution in [0.25, 0.3) is 0 Å². The lowest BCUT2D eigenvalue weighted by atomic mass is 9.85. The summed E-state index contributed by atoms with van der Waals surface area (Å²) in [6.45, 7) is 0. The molecular formula is C14H19ClFNO2S. The number of rotatable bonds is 4. The monoisotopic (exact) mass is 319 g/mol. The summed E-state index contributed by atoms with van der Waals surface area (Å²) in [5.74, 6) is -0.476. The van der Waals surface area contributed by atoms with Crippen LogP contribution in [0.5, 0.6) is 0 Å². The number of nitrogens with two attached hydrogens (primary N) is 1. The van der Waals surface area contributed by atoms with Gasteiger partial charge in [0.25, 0.3) is 0 Å². The van der Waals surface area contributed by atoms with Gasteiger partial charge in [0, 0.05) is 6.04 Å². The van der Waals surface area contributed by atoms with Crippen molar-refractivity contribution in [1.82, 2.24) is 0 Å². The van der Waals surface area contributed by atoms with Gasteiger partial charge in [-0.05, 0) is 37.0 Å². The average molecular weight is 320 g/mol. The van der Waals surface area contributed by atoms with Crippen LogP contribution in [0.1, 0.15) is 32.1 Å². The summed E-state index contributed by atoms with van der Waals surface area (Å²) in [6.07, 6.45) is 5.40. The van der Waals surface area contributed by atoms with Crippen LogP contribution in [0.4, 0.5) is 4.39 Å². The van der Waals surface area contributed by atoms with E-state index in [1.807, 2.05) is 0 Å². The Labute approximate surface area is 124 Å². The summed E-state index contributed by atoms with van der Waals surface area (Å²) in [4.78, 5) is 0.0372. The zero-order valence-corrected chi connectivity index (χ0v) is 12.8. The Hall–Kier alpha value is -0.650. The van der Waals surface area contributed by atoms with Gasteiger partial charge in [0.15, 0.2) is 9.84 Å². The van der Waals surface area contributed by atoms with E-state index >= 15 is 0 Å². The predicted molar refractivity (Wildman–Crippen MR) is 78.0 cm³/mol. The Morgan fingerprint density at radius 1 is 1.30 bits per heavy atom. The zero-order valence-electron chi connectivity index (χ0n) is 11.2. The van der Waals surface area contributed by atoms with Crippen molar-refractivity contribution in [2.45, 2.75) is 43.0 Å². The minimum atomic E-state index is -3.52. The first-order valence-corrected chi connectivity index (χ1v) is 8.86. The van der Waals surface area contributed by atoms with E-state index in [4.69, 9.17) is 17.3 Å². The molecule has 0 aromatic heterocycles. The Morgan fingerprint density at radius 2 is 1.95 bits per heavy atom. The van der Waals surface area contributed by atoms with Crippen LogP contribution in [0.15, 0.2) is 23.1 Å². The van der Waals surface area contributed by atoms with Crippen molar-refractivity contribution in [3.05, 3.63) is 29.0 Å². The van der Waals surface area contributed by atoms with Crippen LogP contribution in [-0.4, -0.2) is 20.2 Å². The fourth-order valence-electron chi connectivity index (χ4n) is 2.72. The summed E-state index contributed by atoms with van der Waals surface area (Å²) < 4.78 is 37.7. The third-order valence-electron chi connectivity index (χ3n) is 3.92. The molecule has 0 amide bonds. The molecule has 2 N–H and O–H groups in total. The highest BCUT2D eigenvalue weighted by molar-refractivity contribution is 7.91. The van der Waals surface area contributed by atoms with Crippen molar-refractivity contribution in [3.8, 4) is 0 Å². The summed E-state index contributed by atoms with van der Waals surface area (Å²) >= 11 is 5.63. The zero-order chi connectivity index (χ0) is 14.8. The largest absolute Gasteiger partial charge is 0.327 e. The molecule has 6 heteroatoms. The standard InChI is InChI=1S/C14H19ClFNO2S/c15-12-8-11(6-7-13(12)16)20(18,19)9-14(17)10-4-2-1-3-5-10/h6-8,10,14H,1-5,9,17H2. The van der Waals surface area contributed by atoms with Gasteiger partial charge in [0.2, 0.25) is 0 Å². The normalized spacial score (nSPS) is 18.9. The van der Waals surface area contributed by atoms with Crippen LogP contribution in [0.2, 0.25) is 5.02 Å². The van der Waals surface area contributed by atoms with Crippen LogP contribution >= 0.6 is 11.6 Å². The van der Waals surface area contributed by atoms with Crippen LogP contribution in [-0.2, 0) is 9.84 Å². The van der Waals surface area contributed by atoms with Gasteiger partial charge in [0.1, 0.15) is 5.82 Å². The molecule has 1 atom stereocenters. The number of hydrogen-bond acceptors (Lipinski definition) is 3. The Balaban J connectivity index is 2.11. The van der Waals surface area contributed by atoms with Gasteiger partial charge in [-0.25, -0.2) is 12.8 Å². The third kappa shape index (κ3) is 3.71. The number of hydrogen-bond donors (Lipinski definition) is 1. The molecule has 0 saturated heterocycles. The highest BCUT2D eigenvalue weighted by atomic mass is 35.5. The third-order valence-corrected chi connectivity index (χ3v) is 6.00. The van der Waals surface area contributed by atoms with Gasteiger partial charge in [-0.1, -0.05) is 30.9 Å². The second kappa shape index (κ2) is 6.41. The van der Waals surface area contributed by atoms with Crippen LogP contribution in [0.3, 0.4) is 0 Å². The van der Waals surface area contributed by atoms with E-state index in [1.54, 1.807) is 0 Å². The average Bonchev–Trinajstić information content (AvgIpc) is 2.42. The van der Waals surface area contributed by atoms with Gasteiger partial charge in [0.05, 0.1) is 15.7 Å². The van der Waals surface area contributed by atoms with Crippen molar-refractivity contribution in [3.63, 3.8) is 0 Å². The highest BCUT2D eigenvalue weighted by Crippen LogP contribution is 2.28.